The molecule has 0 saturated carbocycles. The second-order valence-electron chi connectivity index (χ2n) is 5.10. The van der Waals surface area contributed by atoms with Gasteiger partial charge in [-0.25, -0.2) is 4.39 Å². The summed E-state index contributed by atoms with van der Waals surface area (Å²) in [5.74, 6) is -0.133. The molecule has 3 nitrogen and oxygen atoms in total. The summed E-state index contributed by atoms with van der Waals surface area (Å²) in [7, 11) is 1.95. The van der Waals surface area contributed by atoms with Crippen LogP contribution in [0.4, 0.5) is 4.39 Å². The van der Waals surface area contributed by atoms with E-state index in [0.717, 1.165) is 24.9 Å². The first kappa shape index (κ1) is 14.7. The van der Waals surface area contributed by atoms with E-state index in [0.29, 0.717) is 5.56 Å². The fraction of sp³-hybridized carbons (Fsp3) is 0.438. The summed E-state index contributed by atoms with van der Waals surface area (Å²) in [5.41, 5.74) is 2.90. The van der Waals surface area contributed by atoms with Crippen LogP contribution in [-0.2, 0) is 13.5 Å². The van der Waals surface area contributed by atoms with E-state index in [2.05, 4.69) is 17.3 Å². The molecule has 108 valence electrons. The Hall–Kier alpha value is -1.68. The fourth-order valence-corrected chi connectivity index (χ4v) is 2.40. The van der Waals surface area contributed by atoms with Crippen LogP contribution in [0.25, 0.3) is 0 Å². The molecular weight excluding hydrogens is 253 g/mol. The van der Waals surface area contributed by atoms with E-state index in [1.807, 2.05) is 36.1 Å². The lowest BCUT2D eigenvalue weighted by atomic mass is 9.99. The molecule has 1 unspecified atom stereocenters. The number of aryl methyl sites for hydroxylation is 3. The monoisotopic (exact) mass is 275 g/mol. The van der Waals surface area contributed by atoms with E-state index >= 15 is 0 Å². The molecule has 0 aliphatic rings. The topological polar surface area (TPSA) is 29.9 Å². The van der Waals surface area contributed by atoms with Gasteiger partial charge in [0.05, 0.1) is 0 Å². The minimum Gasteiger partial charge on any atom is -0.310 e. The van der Waals surface area contributed by atoms with Crippen molar-refractivity contribution in [2.45, 2.75) is 32.7 Å². The van der Waals surface area contributed by atoms with Crippen LogP contribution in [0.5, 0.6) is 0 Å². The highest BCUT2D eigenvalue weighted by molar-refractivity contribution is 5.26. The van der Waals surface area contributed by atoms with Crippen molar-refractivity contribution in [1.82, 2.24) is 15.1 Å². The molecule has 4 heteroatoms. The summed E-state index contributed by atoms with van der Waals surface area (Å²) >= 11 is 0. The van der Waals surface area contributed by atoms with E-state index in [9.17, 15) is 4.39 Å². The minimum absolute atomic E-state index is 0.133. The van der Waals surface area contributed by atoms with Gasteiger partial charge in [0, 0.05) is 25.0 Å². The second-order valence-corrected chi connectivity index (χ2v) is 5.10. The van der Waals surface area contributed by atoms with Crippen LogP contribution in [0.15, 0.2) is 30.5 Å². The van der Waals surface area contributed by atoms with Crippen molar-refractivity contribution < 1.29 is 4.39 Å². The van der Waals surface area contributed by atoms with Crippen molar-refractivity contribution in [1.29, 1.82) is 0 Å². The number of nitrogens with zero attached hydrogens (tertiary/aromatic N) is 2. The first-order chi connectivity index (χ1) is 9.61. The molecule has 0 amide bonds. The van der Waals surface area contributed by atoms with Gasteiger partial charge in [0.25, 0.3) is 0 Å². The molecule has 1 aromatic heterocycles. The van der Waals surface area contributed by atoms with E-state index in [4.69, 9.17) is 0 Å². The molecule has 1 N–H and O–H groups in total. The van der Waals surface area contributed by atoms with Gasteiger partial charge in [-0.15, -0.1) is 0 Å². The molecule has 1 atom stereocenters. The Morgan fingerprint density at radius 1 is 1.35 bits per heavy atom. The number of nitrogens with one attached hydrogen (secondary N) is 1. The second kappa shape index (κ2) is 6.66. The third-order valence-electron chi connectivity index (χ3n) is 3.66. The van der Waals surface area contributed by atoms with Crippen molar-refractivity contribution in [2.75, 3.05) is 6.54 Å². The molecule has 0 spiro atoms. The van der Waals surface area contributed by atoms with Gasteiger partial charge in [0.2, 0.25) is 0 Å². The van der Waals surface area contributed by atoms with Crippen molar-refractivity contribution in [3.63, 3.8) is 0 Å². The van der Waals surface area contributed by atoms with Crippen molar-refractivity contribution >= 4 is 0 Å². The van der Waals surface area contributed by atoms with Gasteiger partial charge >= 0.3 is 0 Å². The van der Waals surface area contributed by atoms with Gasteiger partial charge in [0.1, 0.15) is 5.82 Å². The Balaban J connectivity index is 2.10. The molecular formula is C16H22FN3. The SMILES string of the molecule is CCNC(CCc1ccnn1C)c1ccc(C)c(F)c1. The molecule has 0 bridgehead atoms. The summed E-state index contributed by atoms with van der Waals surface area (Å²) in [6.45, 7) is 4.73. The molecule has 1 aromatic carbocycles. The average Bonchev–Trinajstić information content (AvgIpc) is 2.83. The standard InChI is InChI=1S/C16H22FN3/c1-4-18-16(8-7-14-9-10-19-20(14)3)13-6-5-12(2)15(17)11-13/h5-6,9-11,16,18H,4,7-8H2,1-3H3. The number of rotatable bonds is 6. The Labute approximate surface area is 119 Å². The van der Waals surface area contributed by atoms with E-state index in [-0.39, 0.29) is 11.9 Å². The van der Waals surface area contributed by atoms with Gasteiger partial charge < -0.3 is 5.32 Å². The lowest BCUT2D eigenvalue weighted by molar-refractivity contribution is 0.501. The molecule has 20 heavy (non-hydrogen) atoms. The highest BCUT2D eigenvalue weighted by Crippen LogP contribution is 2.21. The van der Waals surface area contributed by atoms with E-state index in [1.54, 1.807) is 13.0 Å². The molecule has 0 aliphatic carbocycles. The van der Waals surface area contributed by atoms with Crippen molar-refractivity contribution in [3.8, 4) is 0 Å². The van der Waals surface area contributed by atoms with Gasteiger partial charge in [-0.2, -0.15) is 5.10 Å². The van der Waals surface area contributed by atoms with Crippen molar-refractivity contribution in [2.24, 2.45) is 7.05 Å². The first-order valence-electron chi connectivity index (χ1n) is 7.08. The maximum Gasteiger partial charge on any atom is 0.126 e. The largest absolute Gasteiger partial charge is 0.310 e. The summed E-state index contributed by atoms with van der Waals surface area (Å²) in [6, 6.07) is 7.70. The van der Waals surface area contributed by atoms with Crippen LogP contribution in [0, 0.1) is 12.7 Å². The number of benzene rings is 1. The van der Waals surface area contributed by atoms with Crippen LogP contribution < -0.4 is 5.32 Å². The zero-order valence-electron chi connectivity index (χ0n) is 12.4. The Morgan fingerprint density at radius 3 is 2.75 bits per heavy atom. The smallest absolute Gasteiger partial charge is 0.126 e. The average molecular weight is 275 g/mol. The highest BCUT2D eigenvalue weighted by Gasteiger charge is 2.13. The van der Waals surface area contributed by atoms with E-state index < -0.39 is 0 Å². The zero-order chi connectivity index (χ0) is 14.5. The molecule has 0 saturated heterocycles. The molecule has 1 heterocycles. The molecule has 0 aliphatic heterocycles. The number of hydrogen-bond donors (Lipinski definition) is 1. The summed E-state index contributed by atoms with van der Waals surface area (Å²) in [4.78, 5) is 0. The lowest BCUT2D eigenvalue weighted by Gasteiger charge is -2.19. The third kappa shape index (κ3) is 3.45. The summed E-state index contributed by atoms with van der Waals surface area (Å²) < 4.78 is 15.6. The van der Waals surface area contributed by atoms with Gasteiger partial charge in [-0.05, 0) is 49.6 Å². The normalized spacial score (nSPS) is 12.6. The Bertz CT molecular complexity index is 563. The van der Waals surface area contributed by atoms with Crippen LogP contribution in [-0.4, -0.2) is 16.3 Å². The fourth-order valence-electron chi connectivity index (χ4n) is 2.40. The maximum atomic E-state index is 13.7. The van der Waals surface area contributed by atoms with Crippen LogP contribution in [0.2, 0.25) is 0 Å². The van der Waals surface area contributed by atoms with Gasteiger partial charge in [-0.1, -0.05) is 19.1 Å². The minimum atomic E-state index is -0.133. The predicted octanol–water partition coefficient (Wildman–Crippen LogP) is 3.15. The number of halogens is 1. The van der Waals surface area contributed by atoms with Gasteiger partial charge in [0.15, 0.2) is 0 Å². The zero-order valence-corrected chi connectivity index (χ0v) is 12.4. The predicted molar refractivity (Wildman–Crippen MR) is 79.1 cm³/mol. The molecule has 2 rings (SSSR count). The van der Waals surface area contributed by atoms with E-state index in [1.165, 1.54) is 5.69 Å². The van der Waals surface area contributed by atoms with Crippen molar-refractivity contribution in [3.05, 3.63) is 53.1 Å². The van der Waals surface area contributed by atoms with Crippen LogP contribution in [0.3, 0.4) is 0 Å². The van der Waals surface area contributed by atoms with Gasteiger partial charge in [-0.3, -0.25) is 4.68 Å². The number of hydrogen-bond acceptors (Lipinski definition) is 2. The molecule has 0 fully saturated rings. The maximum absolute atomic E-state index is 13.7. The van der Waals surface area contributed by atoms with Crippen LogP contribution in [0.1, 0.15) is 36.2 Å². The molecule has 0 radical (unpaired) electrons. The Kier molecular flexibility index (Phi) is 4.90. The summed E-state index contributed by atoms with van der Waals surface area (Å²) in [5, 5.41) is 7.61. The first-order valence-corrected chi connectivity index (χ1v) is 7.08. The third-order valence-corrected chi connectivity index (χ3v) is 3.66. The summed E-state index contributed by atoms with van der Waals surface area (Å²) in [6.07, 6.45) is 3.66. The lowest BCUT2D eigenvalue weighted by Crippen LogP contribution is -2.22. The Morgan fingerprint density at radius 2 is 2.15 bits per heavy atom. The quantitative estimate of drug-likeness (QED) is 0.877. The highest BCUT2D eigenvalue weighted by atomic mass is 19.1. The van der Waals surface area contributed by atoms with Crippen LogP contribution >= 0.6 is 0 Å². The number of aromatic nitrogens is 2. The molecule has 2 aromatic rings.